The average molecular weight is 334 g/mol. The SMILES string of the molecule is COc1ccc(Cl)cc1Nc1nc(NN)c(Cl)cc1Cl. The number of hydrogen-bond acceptors (Lipinski definition) is 5. The summed E-state index contributed by atoms with van der Waals surface area (Å²) in [6, 6.07) is 6.68. The smallest absolute Gasteiger partial charge is 0.161 e. The molecule has 8 heteroatoms. The molecule has 0 saturated carbocycles. The standard InChI is InChI=1S/C12H11Cl3N4O/c1-20-10-3-2-6(13)4-9(10)17-11-7(14)5-8(15)12(18-11)19-16/h2-5H,16H2,1H3,(H2,17,18,19). The van der Waals surface area contributed by atoms with Crippen LogP contribution in [0.3, 0.4) is 0 Å². The van der Waals surface area contributed by atoms with Crippen molar-refractivity contribution in [2.45, 2.75) is 0 Å². The quantitative estimate of drug-likeness (QED) is 0.581. The zero-order valence-electron chi connectivity index (χ0n) is 10.4. The second-order valence-corrected chi connectivity index (χ2v) is 5.01. The molecule has 0 aliphatic rings. The van der Waals surface area contributed by atoms with E-state index in [4.69, 9.17) is 45.4 Å². The van der Waals surface area contributed by atoms with E-state index in [0.717, 1.165) is 0 Å². The maximum Gasteiger partial charge on any atom is 0.161 e. The molecule has 0 radical (unpaired) electrons. The lowest BCUT2D eigenvalue weighted by Gasteiger charge is -2.13. The summed E-state index contributed by atoms with van der Waals surface area (Å²) in [5.41, 5.74) is 3.01. The third-order valence-electron chi connectivity index (χ3n) is 2.48. The Morgan fingerprint density at radius 2 is 1.80 bits per heavy atom. The number of anilines is 3. The first-order valence-corrected chi connectivity index (χ1v) is 6.61. The molecule has 0 saturated heterocycles. The molecule has 2 rings (SSSR count). The molecule has 0 aliphatic heterocycles. The molecule has 4 N–H and O–H groups in total. The Morgan fingerprint density at radius 3 is 2.45 bits per heavy atom. The number of methoxy groups -OCH3 is 1. The summed E-state index contributed by atoms with van der Waals surface area (Å²) in [6.07, 6.45) is 0. The van der Waals surface area contributed by atoms with Crippen LogP contribution in [-0.4, -0.2) is 12.1 Å². The first kappa shape index (κ1) is 15.0. The van der Waals surface area contributed by atoms with Crippen LogP contribution in [0, 0.1) is 0 Å². The van der Waals surface area contributed by atoms with Crippen molar-refractivity contribution < 1.29 is 4.74 Å². The Bertz CT molecular complexity index is 636. The molecule has 0 fully saturated rings. The number of ether oxygens (including phenoxy) is 1. The molecular weight excluding hydrogens is 323 g/mol. The fourth-order valence-corrected chi connectivity index (χ4v) is 2.19. The van der Waals surface area contributed by atoms with E-state index in [9.17, 15) is 0 Å². The van der Waals surface area contributed by atoms with Gasteiger partial charge in [-0.25, -0.2) is 10.8 Å². The van der Waals surface area contributed by atoms with E-state index in [1.54, 1.807) is 25.3 Å². The number of hydrazine groups is 1. The number of nitrogen functional groups attached to an aromatic ring is 1. The van der Waals surface area contributed by atoms with Gasteiger partial charge in [0.15, 0.2) is 11.6 Å². The van der Waals surface area contributed by atoms with Crippen LogP contribution in [0.4, 0.5) is 17.3 Å². The molecule has 0 aliphatic carbocycles. The van der Waals surface area contributed by atoms with Gasteiger partial charge in [-0.2, -0.15) is 0 Å². The number of benzene rings is 1. The molecule has 0 unspecified atom stereocenters. The van der Waals surface area contributed by atoms with Crippen LogP contribution in [-0.2, 0) is 0 Å². The predicted octanol–water partition coefficient (Wildman–Crippen LogP) is 4.08. The molecule has 1 aromatic heterocycles. The fraction of sp³-hybridized carbons (Fsp3) is 0.0833. The maximum absolute atomic E-state index is 6.09. The molecule has 0 amide bonds. The number of nitrogens with one attached hydrogen (secondary N) is 2. The molecule has 2 aromatic rings. The Labute approximate surface area is 131 Å². The molecule has 5 nitrogen and oxygen atoms in total. The van der Waals surface area contributed by atoms with Gasteiger partial charge in [-0.3, -0.25) is 0 Å². The van der Waals surface area contributed by atoms with Gasteiger partial charge in [0.2, 0.25) is 0 Å². The van der Waals surface area contributed by atoms with Crippen LogP contribution in [0.5, 0.6) is 5.75 Å². The Morgan fingerprint density at radius 1 is 1.10 bits per heavy atom. The highest BCUT2D eigenvalue weighted by Crippen LogP contribution is 2.34. The van der Waals surface area contributed by atoms with E-state index in [1.807, 2.05) is 0 Å². The normalized spacial score (nSPS) is 10.2. The summed E-state index contributed by atoms with van der Waals surface area (Å²) in [7, 11) is 1.55. The average Bonchev–Trinajstić information content (AvgIpc) is 2.42. The first-order valence-electron chi connectivity index (χ1n) is 5.48. The van der Waals surface area contributed by atoms with E-state index in [2.05, 4.69) is 15.7 Å². The van der Waals surface area contributed by atoms with Gasteiger partial charge in [0.1, 0.15) is 5.75 Å². The number of aromatic nitrogens is 1. The van der Waals surface area contributed by atoms with Gasteiger partial charge in [-0.1, -0.05) is 34.8 Å². The van der Waals surface area contributed by atoms with Crippen molar-refractivity contribution in [2.75, 3.05) is 17.9 Å². The van der Waals surface area contributed by atoms with Crippen LogP contribution in [0.25, 0.3) is 0 Å². The van der Waals surface area contributed by atoms with E-state index in [-0.39, 0.29) is 0 Å². The van der Waals surface area contributed by atoms with E-state index < -0.39 is 0 Å². The van der Waals surface area contributed by atoms with Crippen LogP contribution in [0.2, 0.25) is 15.1 Å². The van der Waals surface area contributed by atoms with Gasteiger partial charge in [-0.05, 0) is 24.3 Å². The van der Waals surface area contributed by atoms with Gasteiger partial charge < -0.3 is 15.5 Å². The van der Waals surface area contributed by atoms with Gasteiger partial charge in [0.25, 0.3) is 0 Å². The fourth-order valence-electron chi connectivity index (χ4n) is 1.56. The van der Waals surface area contributed by atoms with Crippen molar-refractivity contribution in [1.29, 1.82) is 0 Å². The largest absolute Gasteiger partial charge is 0.495 e. The summed E-state index contributed by atoms with van der Waals surface area (Å²) in [6.45, 7) is 0. The Hall–Kier alpha value is -1.40. The van der Waals surface area contributed by atoms with Crippen LogP contribution in [0.1, 0.15) is 0 Å². The molecular formula is C12H11Cl3N4O. The Kier molecular flexibility index (Phi) is 4.77. The Balaban J connectivity index is 2.41. The van der Waals surface area contributed by atoms with E-state index in [0.29, 0.717) is 38.1 Å². The predicted molar refractivity (Wildman–Crippen MR) is 83.4 cm³/mol. The monoisotopic (exact) mass is 332 g/mol. The lowest BCUT2D eigenvalue weighted by Crippen LogP contribution is -2.10. The third kappa shape index (κ3) is 3.19. The van der Waals surface area contributed by atoms with Crippen molar-refractivity contribution in [3.05, 3.63) is 39.3 Å². The number of nitrogens with zero attached hydrogens (tertiary/aromatic N) is 1. The van der Waals surface area contributed by atoms with Crippen LogP contribution < -0.4 is 21.3 Å². The highest BCUT2D eigenvalue weighted by atomic mass is 35.5. The number of halogens is 3. The molecule has 1 aromatic carbocycles. The summed E-state index contributed by atoms with van der Waals surface area (Å²) < 4.78 is 5.23. The molecule has 0 spiro atoms. The first-order chi connectivity index (χ1) is 9.55. The molecule has 106 valence electrons. The maximum atomic E-state index is 6.09. The van der Waals surface area contributed by atoms with Gasteiger partial charge in [0.05, 0.1) is 22.8 Å². The molecule has 20 heavy (non-hydrogen) atoms. The minimum Gasteiger partial charge on any atom is -0.495 e. The lowest BCUT2D eigenvalue weighted by atomic mass is 10.3. The number of rotatable bonds is 4. The number of pyridine rings is 1. The van der Waals surface area contributed by atoms with Crippen molar-refractivity contribution in [1.82, 2.24) is 4.98 Å². The van der Waals surface area contributed by atoms with Gasteiger partial charge in [0, 0.05) is 5.02 Å². The van der Waals surface area contributed by atoms with E-state index in [1.165, 1.54) is 6.07 Å². The highest BCUT2D eigenvalue weighted by Gasteiger charge is 2.11. The lowest BCUT2D eigenvalue weighted by molar-refractivity contribution is 0.417. The summed E-state index contributed by atoms with van der Waals surface area (Å²) in [5.74, 6) is 6.62. The summed E-state index contributed by atoms with van der Waals surface area (Å²) >= 11 is 18.0. The molecule has 0 atom stereocenters. The second kappa shape index (κ2) is 6.37. The molecule has 0 bridgehead atoms. The van der Waals surface area contributed by atoms with Crippen molar-refractivity contribution in [3.8, 4) is 5.75 Å². The highest BCUT2D eigenvalue weighted by molar-refractivity contribution is 6.37. The van der Waals surface area contributed by atoms with Crippen LogP contribution >= 0.6 is 34.8 Å². The second-order valence-electron chi connectivity index (χ2n) is 3.76. The summed E-state index contributed by atoms with van der Waals surface area (Å²) in [4.78, 5) is 4.18. The minimum absolute atomic E-state index is 0.305. The number of nitrogens with two attached hydrogens (primary N) is 1. The van der Waals surface area contributed by atoms with Gasteiger partial charge >= 0.3 is 0 Å². The van der Waals surface area contributed by atoms with Crippen molar-refractivity contribution in [3.63, 3.8) is 0 Å². The topological polar surface area (TPSA) is 72.2 Å². The van der Waals surface area contributed by atoms with Crippen molar-refractivity contribution in [2.24, 2.45) is 5.84 Å². The zero-order valence-corrected chi connectivity index (χ0v) is 12.6. The zero-order chi connectivity index (χ0) is 14.7. The summed E-state index contributed by atoms with van der Waals surface area (Å²) in [5, 5.41) is 4.24. The van der Waals surface area contributed by atoms with E-state index >= 15 is 0 Å². The minimum atomic E-state index is 0.305. The third-order valence-corrected chi connectivity index (χ3v) is 3.29. The molecule has 1 heterocycles. The number of hydrogen-bond donors (Lipinski definition) is 3. The van der Waals surface area contributed by atoms with Crippen LogP contribution in [0.15, 0.2) is 24.3 Å². The van der Waals surface area contributed by atoms with Gasteiger partial charge in [-0.15, -0.1) is 0 Å². The van der Waals surface area contributed by atoms with Crippen molar-refractivity contribution >= 4 is 52.1 Å².